The highest BCUT2D eigenvalue weighted by Gasteiger charge is 2.19. The molecule has 1 radical (unpaired) electrons. The Labute approximate surface area is 100.0 Å². The average Bonchev–Trinajstić information content (AvgIpc) is 2.73. The molecule has 1 aliphatic carbocycles. The van der Waals surface area contributed by atoms with Crippen LogP contribution in [0.4, 0.5) is 5.69 Å². The van der Waals surface area contributed by atoms with E-state index in [0.717, 1.165) is 24.0 Å². The van der Waals surface area contributed by atoms with Gasteiger partial charge in [0.05, 0.1) is 18.4 Å². The molecular weight excluding hydrogens is 218 g/mol. The second kappa shape index (κ2) is 4.57. The highest BCUT2D eigenvalue weighted by Crippen LogP contribution is 2.30. The lowest BCUT2D eigenvalue weighted by atomic mass is 10.0. The van der Waals surface area contributed by atoms with Gasteiger partial charge in [0.15, 0.2) is 0 Å². The van der Waals surface area contributed by atoms with Gasteiger partial charge in [-0.3, -0.25) is 4.79 Å². The SMILES string of the molecule is COC(=O)c1cc2c(cc1NC(C)=O)[CH]CC2. The number of anilines is 1. The maximum atomic E-state index is 11.6. The molecule has 0 fully saturated rings. The number of hydrogen-bond donors (Lipinski definition) is 1. The second-order valence-corrected chi connectivity index (χ2v) is 4.01. The minimum atomic E-state index is -0.427. The standard InChI is InChI=1S/C13H14NO3/c1-8(15)14-12-7-10-5-3-4-9(10)6-11(12)13(16)17-2/h5-7H,3-4H2,1-2H3,(H,14,15). The van der Waals surface area contributed by atoms with E-state index in [2.05, 4.69) is 11.7 Å². The summed E-state index contributed by atoms with van der Waals surface area (Å²) >= 11 is 0. The molecule has 0 heterocycles. The van der Waals surface area contributed by atoms with Crippen molar-refractivity contribution >= 4 is 17.6 Å². The lowest BCUT2D eigenvalue weighted by Crippen LogP contribution is -2.12. The molecule has 0 saturated heterocycles. The van der Waals surface area contributed by atoms with E-state index in [1.165, 1.54) is 14.0 Å². The second-order valence-electron chi connectivity index (χ2n) is 4.01. The number of aryl methyl sites for hydroxylation is 1. The zero-order chi connectivity index (χ0) is 12.4. The number of fused-ring (bicyclic) bond motifs is 1. The van der Waals surface area contributed by atoms with Crippen LogP contribution >= 0.6 is 0 Å². The maximum Gasteiger partial charge on any atom is 0.339 e. The summed E-state index contributed by atoms with van der Waals surface area (Å²) in [7, 11) is 1.33. The van der Waals surface area contributed by atoms with Crippen molar-refractivity contribution in [1.82, 2.24) is 0 Å². The Morgan fingerprint density at radius 2 is 2.12 bits per heavy atom. The van der Waals surface area contributed by atoms with Gasteiger partial charge < -0.3 is 10.1 Å². The van der Waals surface area contributed by atoms with Crippen molar-refractivity contribution in [3.05, 3.63) is 35.2 Å². The number of amides is 1. The van der Waals surface area contributed by atoms with E-state index in [4.69, 9.17) is 4.74 Å². The van der Waals surface area contributed by atoms with Gasteiger partial charge in [0.1, 0.15) is 0 Å². The van der Waals surface area contributed by atoms with Gasteiger partial charge in [0, 0.05) is 6.92 Å². The first kappa shape index (κ1) is 11.6. The number of nitrogens with one attached hydrogen (secondary N) is 1. The third-order valence-electron chi connectivity index (χ3n) is 2.77. The van der Waals surface area contributed by atoms with Crippen molar-refractivity contribution in [1.29, 1.82) is 0 Å². The smallest absolute Gasteiger partial charge is 0.339 e. The summed E-state index contributed by atoms with van der Waals surface area (Å²) in [5, 5.41) is 2.66. The Kier molecular flexibility index (Phi) is 3.13. The zero-order valence-electron chi connectivity index (χ0n) is 9.87. The molecule has 0 atom stereocenters. The van der Waals surface area contributed by atoms with E-state index >= 15 is 0 Å². The molecule has 1 N–H and O–H groups in total. The predicted molar refractivity (Wildman–Crippen MR) is 63.8 cm³/mol. The number of rotatable bonds is 2. The van der Waals surface area contributed by atoms with E-state index in [9.17, 15) is 9.59 Å². The molecule has 1 aromatic carbocycles. The van der Waals surface area contributed by atoms with Gasteiger partial charge in [-0.05, 0) is 42.5 Å². The number of hydrogen-bond acceptors (Lipinski definition) is 3. The molecule has 17 heavy (non-hydrogen) atoms. The molecule has 2 rings (SSSR count). The molecule has 0 unspecified atom stereocenters. The molecule has 89 valence electrons. The Hall–Kier alpha value is -1.84. The Morgan fingerprint density at radius 1 is 1.35 bits per heavy atom. The number of methoxy groups -OCH3 is 1. The highest BCUT2D eigenvalue weighted by atomic mass is 16.5. The summed E-state index contributed by atoms with van der Waals surface area (Å²) in [6.45, 7) is 1.41. The highest BCUT2D eigenvalue weighted by molar-refractivity contribution is 6.01. The molecule has 1 aromatic rings. The monoisotopic (exact) mass is 232 g/mol. The van der Waals surface area contributed by atoms with Crippen molar-refractivity contribution in [3.63, 3.8) is 0 Å². The largest absolute Gasteiger partial charge is 0.465 e. The molecule has 1 aliphatic rings. The number of ether oxygens (including phenoxy) is 1. The zero-order valence-corrected chi connectivity index (χ0v) is 9.87. The van der Waals surface area contributed by atoms with Crippen molar-refractivity contribution in [3.8, 4) is 0 Å². The number of benzene rings is 1. The maximum absolute atomic E-state index is 11.6. The summed E-state index contributed by atoms with van der Waals surface area (Å²) in [6, 6.07) is 3.63. The molecular formula is C13H14NO3. The Bertz CT molecular complexity index is 480. The van der Waals surface area contributed by atoms with Gasteiger partial charge in [-0.2, -0.15) is 0 Å². The first-order chi connectivity index (χ1) is 8.11. The van der Waals surface area contributed by atoms with E-state index in [0.29, 0.717) is 11.3 Å². The van der Waals surface area contributed by atoms with Crippen molar-refractivity contribution in [2.75, 3.05) is 12.4 Å². The van der Waals surface area contributed by atoms with Crippen LogP contribution < -0.4 is 5.32 Å². The van der Waals surface area contributed by atoms with E-state index < -0.39 is 5.97 Å². The lowest BCUT2D eigenvalue weighted by molar-refractivity contribution is -0.114. The fourth-order valence-corrected chi connectivity index (χ4v) is 2.02. The first-order valence-electron chi connectivity index (χ1n) is 5.48. The molecule has 0 bridgehead atoms. The van der Waals surface area contributed by atoms with Gasteiger partial charge in [0.25, 0.3) is 0 Å². The summed E-state index contributed by atoms with van der Waals surface area (Å²) in [5.74, 6) is -0.628. The third-order valence-corrected chi connectivity index (χ3v) is 2.77. The van der Waals surface area contributed by atoms with Crippen LogP contribution in [0.2, 0.25) is 0 Å². The molecule has 0 spiro atoms. The first-order valence-corrected chi connectivity index (χ1v) is 5.48. The van der Waals surface area contributed by atoms with Crippen LogP contribution in [-0.2, 0) is 16.0 Å². The molecule has 0 saturated carbocycles. The van der Waals surface area contributed by atoms with Crippen LogP contribution in [0.1, 0.15) is 34.8 Å². The minimum absolute atomic E-state index is 0.201. The van der Waals surface area contributed by atoms with Crippen molar-refractivity contribution in [2.45, 2.75) is 19.8 Å². The fraction of sp³-hybridized carbons (Fsp3) is 0.308. The summed E-state index contributed by atoms with van der Waals surface area (Å²) in [5.41, 5.74) is 3.14. The minimum Gasteiger partial charge on any atom is -0.465 e. The summed E-state index contributed by atoms with van der Waals surface area (Å²) in [4.78, 5) is 22.7. The summed E-state index contributed by atoms with van der Waals surface area (Å²) < 4.78 is 4.72. The Balaban J connectivity index is 2.46. The average molecular weight is 232 g/mol. The quantitative estimate of drug-likeness (QED) is 0.793. The third kappa shape index (κ3) is 2.30. The van der Waals surface area contributed by atoms with E-state index in [1.54, 1.807) is 6.07 Å². The Morgan fingerprint density at radius 3 is 2.76 bits per heavy atom. The molecule has 4 heteroatoms. The molecule has 1 amide bonds. The van der Waals surface area contributed by atoms with Crippen LogP contribution in [0.5, 0.6) is 0 Å². The molecule has 0 aliphatic heterocycles. The number of esters is 1. The van der Waals surface area contributed by atoms with Crippen LogP contribution in [0.3, 0.4) is 0 Å². The van der Waals surface area contributed by atoms with Gasteiger partial charge in [-0.15, -0.1) is 0 Å². The van der Waals surface area contributed by atoms with Crippen LogP contribution in [0, 0.1) is 6.42 Å². The van der Waals surface area contributed by atoms with Gasteiger partial charge >= 0.3 is 5.97 Å². The van der Waals surface area contributed by atoms with E-state index in [1.807, 2.05) is 6.07 Å². The van der Waals surface area contributed by atoms with Crippen molar-refractivity contribution < 1.29 is 14.3 Å². The fourth-order valence-electron chi connectivity index (χ4n) is 2.02. The predicted octanol–water partition coefficient (Wildman–Crippen LogP) is 1.93. The van der Waals surface area contributed by atoms with Crippen LogP contribution in [0.15, 0.2) is 12.1 Å². The molecule has 0 aromatic heterocycles. The lowest BCUT2D eigenvalue weighted by Gasteiger charge is -2.11. The summed E-state index contributed by atoms with van der Waals surface area (Å²) in [6.07, 6.45) is 4.00. The number of carbonyl (C=O) groups excluding carboxylic acids is 2. The van der Waals surface area contributed by atoms with Gasteiger partial charge in [-0.1, -0.05) is 0 Å². The van der Waals surface area contributed by atoms with Gasteiger partial charge in [0.2, 0.25) is 5.91 Å². The van der Waals surface area contributed by atoms with Crippen molar-refractivity contribution in [2.24, 2.45) is 0 Å². The molecule has 4 nitrogen and oxygen atoms in total. The van der Waals surface area contributed by atoms with Gasteiger partial charge in [-0.25, -0.2) is 4.79 Å². The van der Waals surface area contributed by atoms with E-state index in [-0.39, 0.29) is 5.91 Å². The topological polar surface area (TPSA) is 55.4 Å². The van der Waals surface area contributed by atoms with Crippen LogP contribution in [-0.4, -0.2) is 19.0 Å². The van der Waals surface area contributed by atoms with Crippen LogP contribution in [0.25, 0.3) is 0 Å². The normalized spacial score (nSPS) is 13.1. The number of carbonyl (C=O) groups is 2.